The summed E-state index contributed by atoms with van der Waals surface area (Å²) in [5.74, 6) is 0. The summed E-state index contributed by atoms with van der Waals surface area (Å²) in [5.41, 5.74) is 4.78. The topological polar surface area (TPSA) is 15.6 Å². The Balaban J connectivity index is 1.82. The molecule has 0 atom stereocenters. The molecule has 96 valence electrons. The van der Waals surface area contributed by atoms with Gasteiger partial charge < -0.3 is 4.90 Å². The van der Waals surface area contributed by atoms with Crippen molar-refractivity contribution in [3.63, 3.8) is 0 Å². The standard InChI is InChI=1S/C16H16N2S/c1-13-9-18(10-14-5-3-2-4-6-14)11-16(17-13)15-7-8-19-12-15/h2-8,11-12H,9-10H2,1H3. The molecule has 0 fully saturated rings. The van der Waals surface area contributed by atoms with Gasteiger partial charge in [0.2, 0.25) is 0 Å². The second-order valence-corrected chi connectivity index (χ2v) is 5.54. The zero-order chi connectivity index (χ0) is 13.1. The molecule has 2 heterocycles. The van der Waals surface area contributed by atoms with Crippen LogP contribution >= 0.6 is 11.3 Å². The Hall–Kier alpha value is -1.87. The SMILES string of the molecule is CC1=NC(c2ccsc2)=CN(Cc2ccccc2)C1. The van der Waals surface area contributed by atoms with Gasteiger partial charge in [0.25, 0.3) is 0 Å². The van der Waals surface area contributed by atoms with Crippen LogP contribution in [0.3, 0.4) is 0 Å². The number of nitrogens with zero attached hydrogens (tertiary/aromatic N) is 2. The van der Waals surface area contributed by atoms with Gasteiger partial charge in [-0.3, -0.25) is 4.99 Å². The fraction of sp³-hybridized carbons (Fsp3) is 0.188. The maximum atomic E-state index is 4.66. The highest BCUT2D eigenvalue weighted by molar-refractivity contribution is 7.08. The molecule has 0 spiro atoms. The summed E-state index contributed by atoms with van der Waals surface area (Å²) in [6, 6.07) is 12.7. The van der Waals surface area contributed by atoms with E-state index >= 15 is 0 Å². The Bertz CT molecular complexity index is 597. The Morgan fingerprint density at radius 3 is 2.79 bits per heavy atom. The average molecular weight is 268 g/mol. The van der Waals surface area contributed by atoms with Gasteiger partial charge in [0.1, 0.15) is 0 Å². The summed E-state index contributed by atoms with van der Waals surface area (Å²) in [6.45, 7) is 3.93. The van der Waals surface area contributed by atoms with Crippen molar-refractivity contribution in [1.29, 1.82) is 0 Å². The molecule has 3 rings (SSSR count). The third-order valence-corrected chi connectivity index (χ3v) is 3.78. The van der Waals surface area contributed by atoms with E-state index in [9.17, 15) is 0 Å². The molecule has 19 heavy (non-hydrogen) atoms. The maximum Gasteiger partial charge on any atom is 0.0869 e. The van der Waals surface area contributed by atoms with Crippen LogP contribution in [0.25, 0.3) is 5.70 Å². The minimum atomic E-state index is 0.905. The van der Waals surface area contributed by atoms with Crippen molar-refractivity contribution in [3.8, 4) is 0 Å². The van der Waals surface area contributed by atoms with E-state index in [0.717, 1.165) is 18.8 Å². The van der Waals surface area contributed by atoms with E-state index in [1.165, 1.54) is 16.8 Å². The largest absolute Gasteiger partial charge is 0.366 e. The number of hydrogen-bond acceptors (Lipinski definition) is 3. The highest BCUT2D eigenvalue weighted by Crippen LogP contribution is 2.23. The van der Waals surface area contributed by atoms with Crippen LogP contribution in [0.4, 0.5) is 0 Å². The highest BCUT2D eigenvalue weighted by atomic mass is 32.1. The fourth-order valence-corrected chi connectivity index (χ4v) is 2.90. The monoisotopic (exact) mass is 268 g/mol. The third-order valence-electron chi connectivity index (χ3n) is 3.09. The van der Waals surface area contributed by atoms with Gasteiger partial charge in [-0.15, -0.1) is 0 Å². The van der Waals surface area contributed by atoms with Crippen LogP contribution in [0.2, 0.25) is 0 Å². The lowest BCUT2D eigenvalue weighted by Crippen LogP contribution is -2.26. The van der Waals surface area contributed by atoms with Crippen LogP contribution in [0.5, 0.6) is 0 Å². The molecule has 0 bridgehead atoms. The van der Waals surface area contributed by atoms with Crippen molar-refractivity contribution in [1.82, 2.24) is 4.90 Å². The van der Waals surface area contributed by atoms with Crippen molar-refractivity contribution in [2.45, 2.75) is 13.5 Å². The lowest BCUT2D eigenvalue weighted by molar-refractivity contribution is 0.417. The van der Waals surface area contributed by atoms with Gasteiger partial charge >= 0.3 is 0 Å². The zero-order valence-electron chi connectivity index (χ0n) is 10.9. The van der Waals surface area contributed by atoms with Crippen LogP contribution in [0.15, 0.2) is 58.4 Å². The quantitative estimate of drug-likeness (QED) is 0.821. The smallest absolute Gasteiger partial charge is 0.0869 e. The number of aliphatic imine (C=N–C) groups is 1. The summed E-state index contributed by atoms with van der Waals surface area (Å²) in [4.78, 5) is 6.98. The predicted octanol–water partition coefficient (Wildman–Crippen LogP) is 4.02. The summed E-state index contributed by atoms with van der Waals surface area (Å²) in [5, 5.41) is 4.24. The van der Waals surface area contributed by atoms with Crippen molar-refractivity contribution in [3.05, 3.63) is 64.5 Å². The van der Waals surface area contributed by atoms with Gasteiger partial charge in [-0.1, -0.05) is 30.3 Å². The van der Waals surface area contributed by atoms with E-state index in [2.05, 4.69) is 70.2 Å². The first kappa shape index (κ1) is 12.2. The fourth-order valence-electron chi connectivity index (χ4n) is 2.25. The molecule has 1 aliphatic heterocycles. The first-order valence-corrected chi connectivity index (χ1v) is 7.32. The molecule has 3 heteroatoms. The second kappa shape index (κ2) is 5.41. The van der Waals surface area contributed by atoms with Crippen molar-refractivity contribution >= 4 is 22.7 Å². The average Bonchev–Trinajstić information content (AvgIpc) is 2.93. The Labute approximate surface area is 117 Å². The number of hydrogen-bond donors (Lipinski definition) is 0. The minimum absolute atomic E-state index is 0.905. The molecule has 0 amide bonds. The Kier molecular flexibility index (Phi) is 3.47. The molecule has 0 radical (unpaired) electrons. The molecule has 1 aromatic heterocycles. The van der Waals surface area contributed by atoms with Gasteiger partial charge in [0.05, 0.1) is 12.2 Å². The lowest BCUT2D eigenvalue weighted by Gasteiger charge is -2.25. The van der Waals surface area contributed by atoms with Gasteiger partial charge in [0, 0.05) is 29.4 Å². The third kappa shape index (κ3) is 2.93. The normalized spacial score (nSPS) is 15.1. The van der Waals surface area contributed by atoms with Crippen molar-refractivity contribution in [2.75, 3.05) is 6.54 Å². The molecule has 0 unspecified atom stereocenters. The van der Waals surface area contributed by atoms with Crippen LogP contribution in [-0.2, 0) is 6.54 Å². The molecule has 1 aliphatic rings. The molecule has 0 N–H and O–H groups in total. The van der Waals surface area contributed by atoms with E-state index in [1.54, 1.807) is 11.3 Å². The summed E-state index contributed by atoms with van der Waals surface area (Å²) >= 11 is 1.71. The van der Waals surface area contributed by atoms with Gasteiger partial charge in [-0.05, 0) is 23.9 Å². The predicted molar refractivity (Wildman–Crippen MR) is 82.3 cm³/mol. The molecule has 0 saturated carbocycles. The first-order valence-electron chi connectivity index (χ1n) is 6.38. The lowest BCUT2D eigenvalue weighted by atomic mass is 10.1. The van der Waals surface area contributed by atoms with Crippen molar-refractivity contribution < 1.29 is 0 Å². The molecular formula is C16H16N2S. The van der Waals surface area contributed by atoms with E-state index in [0.29, 0.717) is 0 Å². The van der Waals surface area contributed by atoms with Crippen LogP contribution in [0, 0.1) is 0 Å². The van der Waals surface area contributed by atoms with Gasteiger partial charge in [-0.25, -0.2) is 0 Å². The van der Waals surface area contributed by atoms with Gasteiger partial charge in [0.15, 0.2) is 0 Å². The Morgan fingerprint density at radius 2 is 2.05 bits per heavy atom. The Morgan fingerprint density at radius 1 is 1.21 bits per heavy atom. The first-order chi connectivity index (χ1) is 9.31. The molecule has 0 saturated heterocycles. The molecule has 1 aromatic carbocycles. The highest BCUT2D eigenvalue weighted by Gasteiger charge is 2.12. The van der Waals surface area contributed by atoms with Gasteiger partial charge in [-0.2, -0.15) is 11.3 Å². The maximum absolute atomic E-state index is 4.66. The summed E-state index contributed by atoms with van der Waals surface area (Å²) < 4.78 is 0. The van der Waals surface area contributed by atoms with Crippen molar-refractivity contribution in [2.24, 2.45) is 4.99 Å². The zero-order valence-corrected chi connectivity index (χ0v) is 11.7. The second-order valence-electron chi connectivity index (χ2n) is 4.76. The van der Waals surface area contributed by atoms with E-state index in [4.69, 9.17) is 0 Å². The molecule has 2 aromatic rings. The van der Waals surface area contributed by atoms with Crippen LogP contribution in [0.1, 0.15) is 18.1 Å². The number of benzene rings is 1. The summed E-state index contributed by atoms with van der Waals surface area (Å²) in [7, 11) is 0. The molecular weight excluding hydrogens is 252 g/mol. The number of rotatable bonds is 3. The molecule has 0 aliphatic carbocycles. The minimum Gasteiger partial charge on any atom is -0.366 e. The van der Waals surface area contributed by atoms with Crippen LogP contribution in [-0.4, -0.2) is 17.2 Å². The van der Waals surface area contributed by atoms with E-state index < -0.39 is 0 Å². The van der Waals surface area contributed by atoms with E-state index in [-0.39, 0.29) is 0 Å². The van der Waals surface area contributed by atoms with E-state index in [1.807, 2.05) is 0 Å². The molecule has 2 nitrogen and oxygen atoms in total. The number of thiophene rings is 1. The van der Waals surface area contributed by atoms with Crippen LogP contribution < -0.4 is 0 Å². The summed E-state index contributed by atoms with van der Waals surface area (Å²) in [6.07, 6.45) is 2.17.